The molecule has 1 saturated carbocycles. The molecule has 2 fully saturated rings. The van der Waals surface area contributed by atoms with Crippen LogP contribution in [0.4, 0.5) is 4.79 Å². The molecule has 0 bridgehead atoms. The highest BCUT2D eigenvalue weighted by atomic mass is 16.4. The third-order valence-electron chi connectivity index (χ3n) is 4.72. The van der Waals surface area contributed by atoms with Crippen molar-refractivity contribution in [2.75, 3.05) is 20.1 Å². The van der Waals surface area contributed by atoms with Crippen molar-refractivity contribution in [1.82, 2.24) is 9.80 Å². The number of amides is 2. The SMILES string of the molecule is CN(C(=O)N1CCCC(C(=O)O)C1)C1CCCCCC1. The third-order valence-corrected chi connectivity index (χ3v) is 4.72. The summed E-state index contributed by atoms with van der Waals surface area (Å²) in [5.74, 6) is -1.17. The molecule has 1 atom stereocenters. The van der Waals surface area contributed by atoms with Crippen LogP contribution in [0.15, 0.2) is 0 Å². The van der Waals surface area contributed by atoms with Crippen molar-refractivity contribution in [2.24, 2.45) is 5.92 Å². The maximum Gasteiger partial charge on any atom is 0.320 e. The highest BCUT2D eigenvalue weighted by molar-refractivity contribution is 5.76. The fraction of sp³-hybridized carbons (Fsp3) is 0.867. The predicted molar refractivity (Wildman–Crippen MR) is 76.6 cm³/mol. The van der Waals surface area contributed by atoms with E-state index in [1.807, 2.05) is 11.9 Å². The molecule has 2 aliphatic rings. The van der Waals surface area contributed by atoms with Crippen molar-refractivity contribution in [3.05, 3.63) is 0 Å². The lowest BCUT2D eigenvalue weighted by molar-refractivity contribution is -0.143. The van der Waals surface area contributed by atoms with Crippen LogP contribution in [0.1, 0.15) is 51.4 Å². The number of carboxylic acid groups (broad SMARTS) is 1. The summed E-state index contributed by atoms with van der Waals surface area (Å²) in [6, 6.07) is 0.345. The number of hydrogen-bond acceptors (Lipinski definition) is 2. The van der Waals surface area contributed by atoms with Gasteiger partial charge in [-0.25, -0.2) is 4.79 Å². The molecule has 5 heteroatoms. The minimum absolute atomic E-state index is 0.0165. The fourth-order valence-corrected chi connectivity index (χ4v) is 3.38. The Morgan fingerprint density at radius 3 is 2.30 bits per heavy atom. The number of nitrogens with zero attached hydrogens (tertiary/aromatic N) is 2. The van der Waals surface area contributed by atoms with Gasteiger partial charge in [-0.2, -0.15) is 0 Å². The summed E-state index contributed by atoms with van der Waals surface area (Å²) < 4.78 is 0. The fourth-order valence-electron chi connectivity index (χ4n) is 3.38. The lowest BCUT2D eigenvalue weighted by Crippen LogP contribution is -2.50. The molecule has 114 valence electrons. The van der Waals surface area contributed by atoms with Crippen LogP contribution < -0.4 is 0 Å². The Bertz CT molecular complexity index is 351. The maximum atomic E-state index is 12.5. The number of likely N-dealkylation sites (tertiary alicyclic amines) is 1. The average molecular weight is 282 g/mol. The van der Waals surface area contributed by atoms with E-state index in [9.17, 15) is 9.59 Å². The number of carboxylic acids is 1. The molecule has 2 amide bonds. The Labute approximate surface area is 120 Å². The van der Waals surface area contributed by atoms with Gasteiger partial charge in [0.1, 0.15) is 0 Å². The second-order valence-corrected chi connectivity index (χ2v) is 6.16. The minimum Gasteiger partial charge on any atom is -0.481 e. The summed E-state index contributed by atoms with van der Waals surface area (Å²) in [6.45, 7) is 1.06. The minimum atomic E-state index is -0.778. The Balaban J connectivity index is 1.93. The molecule has 0 aromatic heterocycles. The Morgan fingerprint density at radius 1 is 1.05 bits per heavy atom. The quantitative estimate of drug-likeness (QED) is 0.792. The van der Waals surface area contributed by atoms with Gasteiger partial charge in [0.05, 0.1) is 5.92 Å². The molecule has 1 unspecified atom stereocenters. The molecule has 1 heterocycles. The van der Waals surface area contributed by atoms with Crippen LogP contribution in [0, 0.1) is 5.92 Å². The van der Waals surface area contributed by atoms with Gasteiger partial charge < -0.3 is 14.9 Å². The highest BCUT2D eigenvalue weighted by Gasteiger charge is 2.31. The van der Waals surface area contributed by atoms with Crippen molar-refractivity contribution in [1.29, 1.82) is 0 Å². The normalized spacial score (nSPS) is 25.1. The topological polar surface area (TPSA) is 60.9 Å². The van der Waals surface area contributed by atoms with E-state index in [2.05, 4.69) is 0 Å². The Kier molecular flexibility index (Phi) is 5.26. The van der Waals surface area contributed by atoms with E-state index in [1.54, 1.807) is 4.90 Å². The van der Waals surface area contributed by atoms with Crippen LogP contribution in [-0.2, 0) is 4.79 Å². The number of aliphatic carboxylic acids is 1. The first-order valence-corrected chi connectivity index (χ1v) is 7.84. The Hall–Kier alpha value is -1.26. The second-order valence-electron chi connectivity index (χ2n) is 6.16. The van der Waals surface area contributed by atoms with E-state index in [0.29, 0.717) is 25.6 Å². The molecule has 0 radical (unpaired) electrons. The molecule has 0 spiro atoms. The van der Waals surface area contributed by atoms with Crippen LogP contribution in [0.25, 0.3) is 0 Å². The van der Waals surface area contributed by atoms with Gasteiger partial charge in [0.15, 0.2) is 0 Å². The van der Waals surface area contributed by atoms with Gasteiger partial charge in [0.25, 0.3) is 0 Å². The zero-order valence-electron chi connectivity index (χ0n) is 12.4. The monoisotopic (exact) mass is 282 g/mol. The summed E-state index contributed by atoms with van der Waals surface area (Å²) in [5.41, 5.74) is 0. The number of piperidine rings is 1. The summed E-state index contributed by atoms with van der Waals surface area (Å²) in [5, 5.41) is 9.11. The summed E-state index contributed by atoms with van der Waals surface area (Å²) in [6.07, 6.45) is 8.57. The molecular weight excluding hydrogens is 256 g/mol. The molecule has 0 aromatic rings. The lowest BCUT2D eigenvalue weighted by Gasteiger charge is -2.36. The van der Waals surface area contributed by atoms with Gasteiger partial charge in [-0.3, -0.25) is 4.79 Å². The number of urea groups is 1. The summed E-state index contributed by atoms with van der Waals surface area (Å²) >= 11 is 0. The zero-order chi connectivity index (χ0) is 14.5. The predicted octanol–water partition coefficient (Wildman–Crippen LogP) is 2.56. The van der Waals surface area contributed by atoms with Crippen molar-refractivity contribution >= 4 is 12.0 Å². The lowest BCUT2D eigenvalue weighted by atomic mass is 9.98. The zero-order valence-corrected chi connectivity index (χ0v) is 12.4. The van der Waals surface area contributed by atoms with Crippen molar-refractivity contribution in [3.8, 4) is 0 Å². The summed E-state index contributed by atoms with van der Waals surface area (Å²) in [4.78, 5) is 27.2. The third kappa shape index (κ3) is 3.64. The standard InChI is InChI=1S/C15H26N2O3/c1-16(13-8-4-2-3-5-9-13)15(20)17-10-6-7-12(11-17)14(18)19/h12-13H,2-11H2,1H3,(H,18,19). The van der Waals surface area contributed by atoms with Gasteiger partial charge in [-0.15, -0.1) is 0 Å². The molecule has 1 saturated heterocycles. The smallest absolute Gasteiger partial charge is 0.320 e. The van der Waals surface area contributed by atoms with Gasteiger partial charge in [-0.1, -0.05) is 25.7 Å². The van der Waals surface area contributed by atoms with Crippen LogP contribution >= 0.6 is 0 Å². The first-order chi connectivity index (χ1) is 9.59. The van der Waals surface area contributed by atoms with Crippen molar-refractivity contribution < 1.29 is 14.7 Å². The van der Waals surface area contributed by atoms with E-state index in [4.69, 9.17) is 5.11 Å². The number of carbonyl (C=O) groups excluding carboxylic acids is 1. The summed E-state index contributed by atoms with van der Waals surface area (Å²) in [7, 11) is 1.88. The average Bonchev–Trinajstić information content (AvgIpc) is 2.75. The second kappa shape index (κ2) is 6.95. The van der Waals surface area contributed by atoms with Gasteiger partial charge >= 0.3 is 12.0 Å². The number of hydrogen-bond donors (Lipinski definition) is 1. The molecule has 1 aliphatic heterocycles. The first-order valence-electron chi connectivity index (χ1n) is 7.84. The van der Waals surface area contributed by atoms with Gasteiger partial charge in [0.2, 0.25) is 0 Å². The van der Waals surface area contributed by atoms with Gasteiger partial charge in [0, 0.05) is 26.2 Å². The molecular formula is C15H26N2O3. The van der Waals surface area contributed by atoms with Crippen LogP contribution in [0.5, 0.6) is 0 Å². The number of carbonyl (C=O) groups is 2. The first kappa shape index (κ1) is 15.1. The molecule has 1 N–H and O–H groups in total. The van der Waals surface area contributed by atoms with Gasteiger partial charge in [-0.05, 0) is 25.7 Å². The molecule has 0 aromatic carbocycles. The molecule has 5 nitrogen and oxygen atoms in total. The maximum absolute atomic E-state index is 12.5. The largest absolute Gasteiger partial charge is 0.481 e. The van der Waals surface area contributed by atoms with E-state index in [1.165, 1.54) is 25.7 Å². The molecule has 1 aliphatic carbocycles. The van der Waals surface area contributed by atoms with Crippen LogP contribution in [0.2, 0.25) is 0 Å². The van der Waals surface area contributed by atoms with E-state index in [-0.39, 0.29) is 6.03 Å². The van der Waals surface area contributed by atoms with E-state index in [0.717, 1.165) is 19.3 Å². The van der Waals surface area contributed by atoms with Crippen molar-refractivity contribution in [2.45, 2.75) is 57.4 Å². The van der Waals surface area contributed by atoms with E-state index >= 15 is 0 Å². The van der Waals surface area contributed by atoms with Crippen LogP contribution in [0.3, 0.4) is 0 Å². The molecule has 20 heavy (non-hydrogen) atoms. The highest BCUT2D eigenvalue weighted by Crippen LogP contribution is 2.23. The molecule has 2 rings (SSSR count). The van der Waals surface area contributed by atoms with Crippen LogP contribution in [-0.4, -0.2) is 53.1 Å². The number of rotatable bonds is 2. The van der Waals surface area contributed by atoms with E-state index < -0.39 is 11.9 Å². The Morgan fingerprint density at radius 2 is 1.70 bits per heavy atom. The van der Waals surface area contributed by atoms with Crippen molar-refractivity contribution in [3.63, 3.8) is 0 Å².